The third-order valence-corrected chi connectivity index (χ3v) is 1.75. The van der Waals surface area contributed by atoms with Crippen molar-refractivity contribution in [1.82, 2.24) is 9.97 Å². The Balaban J connectivity index is 2.74. The van der Waals surface area contributed by atoms with Crippen LogP contribution in [0, 0.1) is 0 Å². The summed E-state index contributed by atoms with van der Waals surface area (Å²) in [5.41, 5.74) is 0. The average Bonchev–Trinajstić information content (AvgIpc) is 2.19. The minimum Gasteiger partial charge on any atom is -0.477 e. The van der Waals surface area contributed by atoms with Crippen LogP contribution in [0.1, 0.15) is 20.3 Å². The molecular formula is C9H14ClN3O. The Morgan fingerprint density at radius 3 is 2.93 bits per heavy atom. The van der Waals surface area contributed by atoms with Crippen LogP contribution < -0.4 is 10.1 Å². The molecule has 0 unspecified atom stereocenters. The normalized spacial score (nSPS) is 9.93. The first-order valence-electron chi connectivity index (χ1n) is 4.67. The van der Waals surface area contributed by atoms with E-state index in [0.29, 0.717) is 23.5 Å². The molecule has 0 aromatic carbocycles. The van der Waals surface area contributed by atoms with Crippen LogP contribution in [0.25, 0.3) is 0 Å². The predicted octanol–water partition coefficient (Wildman–Crippen LogP) is 2.35. The Morgan fingerprint density at radius 2 is 2.29 bits per heavy atom. The van der Waals surface area contributed by atoms with Crippen molar-refractivity contribution < 1.29 is 4.74 Å². The van der Waals surface area contributed by atoms with Gasteiger partial charge in [-0.1, -0.05) is 18.5 Å². The van der Waals surface area contributed by atoms with Gasteiger partial charge >= 0.3 is 0 Å². The Bertz CT molecular complexity index is 293. The Morgan fingerprint density at radius 1 is 1.50 bits per heavy atom. The summed E-state index contributed by atoms with van der Waals surface area (Å²) in [6, 6.07) is 0. The van der Waals surface area contributed by atoms with Gasteiger partial charge in [-0.25, -0.2) is 4.98 Å². The molecule has 1 rings (SSSR count). The zero-order chi connectivity index (χ0) is 10.4. The smallest absolute Gasteiger partial charge is 0.237 e. The van der Waals surface area contributed by atoms with Gasteiger partial charge in [-0.15, -0.1) is 0 Å². The fourth-order valence-corrected chi connectivity index (χ4v) is 1.04. The van der Waals surface area contributed by atoms with E-state index in [9.17, 15) is 0 Å². The van der Waals surface area contributed by atoms with Crippen molar-refractivity contribution in [3.05, 3.63) is 11.2 Å². The molecule has 78 valence electrons. The van der Waals surface area contributed by atoms with Gasteiger partial charge in [0.15, 0.2) is 0 Å². The first kappa shape index (κ1) is 11.0. The highest BCUT2D eigenvalue weighted by atomic mass is 35.5. The van der Waals surface area contributed by atoms with Crippen LogP contribution in [0.2, 0.25) is 5.02 Å². The standard InChI is InChI=1S/C9H14ClN3O/c1-3-5-14-8-7(10)6-12-9(13-8)11-4-2/h6H,3-5H2,1-2H3,(H,11,12,13). The van der Waals surface area contributed by atoms with Gasteiger partial charge in [0.2, 0.25) is 11.8 Å². The molecule has 0 aliphatic rings. The molecule has 0 spiro atoms. The molecule has 0 atom stereocenters. The maximum atomic E-state index is 5.85. The van der Waals surface area contributed by atoms with Gasteiger partial charge in [0.25, 0.3) is 0 Å². The van der Waals surface area contributed by atoms with Gasteiger partial charge in [0, 0.05) is 6.54 Å². The second kappa shape index (κ2) is 5.65. The van der Waals surface area contributed by atoms with Gasteiger partial charge in [-0.3, -0.25) is 0 Å². The molecule has 0 bridgehead atoms. The average molecular weight is 216 g/mol. The molecule has 0 saturated heterocycles. The van der Waals surface area contributed by atoms with E-state index in [1.807, 2.05) is 13.8 Å². The number of anilines is 1. The number of ether oxygens (including phenoxy) is 1. The number of nitrogens with one attached hydrogen (secondary N) is 1. The Hall–Kier alpha value is -1.03. The van der Waals surface area contributed by atoms with Crippen LogP contribution in [0.5, 0.6) is 5.88 Å². The van der Waals surface area contributed by atoms with E-state index < -0.39 is 0 Å². The fourth-order valence-electron chi connectivity index (χ4n) is 0.895. The van der Waals surface area contributed by atoms with Gasteiger partial charge < -0.3 is 10.1 Å². The molecule has 0 aliphatic carbocycles. The van der Waals surface area contributed by atoms with Crippen LogP contribution >= 0.6 is 11.6 Å². The van der Waals surface area contributed by atoms with Crippen LogP contribution in [0.15, 0.2) is 6.20 Å². The van der Waals surface area contributed by atoms with Crippen molar-refractivity contribution in [3.63, 3.8) is 0 Å². The monoisotopic (exact) mass is 215 g/mol. The van der Waals surface area contributed by atoms with Crippen LogP contribution in [-0.2, 0) is 0 Å². The largest absolute Gasteiger partial charge is 0.477 e. The molecule has 0 saturated carbocycles. The number of nitrogens with zero attached hydrogens (tertiary/aromatic N) is 2. The summed E-state index contributed by atoms with van der Waals surface area (Å²) in [4.78, 5) is 8.13. The molecule has 0 amide bonds. The van der Waals surface area contributed by atoms with Crippen molar-refractivity contribution in [3.8, 4) is 5.88 Å². The molecule has 1 aromatic heterocycles. The van der Waals surface area contributed by atoms with Crippen molar-refractivity contribution in [2.24, 2.45) is 0 Å². The van der Waals surface area contributed by atoms with E-state index >= 15 is 0 Å². The summed E-state index contributed by atoms with van der Waals surface area (Å²) in [6.07, 6.45) is 2.47. The number of aromatic nitrogens is 2. The minimum atomic E-state index is 0.444. The number of halogens is 1. The van der Waals surface area contributed by atoms with E-state index in [0.717, 1.165) is 13.0 Å². The van der Waals surface area contributed by atoms with Crippen LogP contribution in [0.3, 0.4) is 0 Å². The van der Waals surface area contributed by atoms with Crippen molar-refractivity contribution in [2.75, 3.05) is 18.5 Å². The third kappa shape index (κ3) is 3.03. The minimum absolute atomic E-state index is 0.444. The van der Waals surface area contributed by atoms with Crippen LogP contribution in [0.4, 0.5) is 5.95 Å². The zero-order valence-corrected chi connectivity index (χ0v) is 9.14. The highest BCUT2D eigenvalue weighted by Gasteiger charge is 2.05. The van der Waals surface area contributed by atoms with E-state index in [-0.39, 0.29) is 0 Å². The quantitative estimate of drug-likeness (QED) is 0.819. The first-order chi connectivity index (χ1) is 6.77. The lowest BCUT2D eigenvalue weighted by atomic mass is 10.5. The van der Waals surface area contributed by atoms with Gasteiger partial charge in [0.1, 0.15) is 5.02 Å². The maximum absolute atomic E-state index is 5.85. The number of hydrogen-bond donors (Lipinski definition) is 1. The summed E-state index contributed by atoms with van der Waals surface area (Å²) in [5.74, 6) is 0.988. The molecule has 0 aliphatic heterocycles. The lowest BCUT2D eigenvalue weighted by Gasteiger charge is -2.07. The van der Waals surface area contributed by atoms with Crippen LogP contribution in [-0.4, -0.2) is 23.1 Å². The highest BCUT2D eigenvalue weighted by Crippen LogP contribution is 2.21. The second-order valence-electron chi connectivity index (χ2n) is 2.73. The molecule has 1 aromatic rings. The molecule has 5 heteroatoms. The molecular weight excluding hydrogens is 202 g/mol. The third-order valence-electron chi connectivity index (χ3n) is 1.49. The topological polar surface area (TPSA) is 47.0 Å². The zero-order valence-electron chi connectivity index (χ0n) is 8.38. The predicted molar refractivity (Wildman–Crippen MR) is 57.0 cm³/mol. The fraction of sp³-hybridized carbons (Fsp3) is 0.556. The van der Waals surface area contributed by atoms with E-state index in [1.54, 1.807) is 0 Å². The number of rotatable bonds is 5. The summed E-state index contributed by atoms with van der Waals surface area (Å²) >= 11 is 5.85. The van der Waals surface area contributed by atoms with E-state index in [1.165, 1.54) is 6.20 Å². The molecule has 0 fully saturated rings. The summed E-state index contributed by atoms with van der Waals surface area (Å²) in [5, 5.41) is 3.44. The lowest BCUT2D eigenvalue weighted by molar-refractivity contribution is 0.305. The van der Waals surface area contributed by atoms with Gasteiger partial charge in [-0.05, 0) is 13.3 Å². The molecule has 0 radical (unpaired) electrons. The summed E-state index contributed by atoms with van der Waals surface area (Å²) < 4.78 is 5.35. The SMILES string of the molecule is CCCOc1nc(NCC)ncc1Cl. The lowest BCUT2D eigenvalue weighted by Crippen LogP contribution is -2.05. The van der Waals surface area contributed by atoms with Crippen molar-refractivity contribution in [2.45, 2.75) is 20.3 Å². The molecule has 4 nitrogen and oxygen atoms in total. The first-order valence-corrected chi connectivity index (χ1v) is 5.05. The Kier molecular flexibility index (Phi) is 4.46. The molecule has 1 N–H and O–H groups in total. The molecule has 14 heavy (non-hydrogen) atoms. The van der Waals surface area contributed by atoms with Gasteiger partial charge in [-0.2, -0.15) is 4.98 Å². The van der Waals surface area contributed by atoms with E-state index in [4.69, 9.17) is 16.3 Å². The van der Waals surface area contributed by atoms with E-state index in [2.05, 4.69) is 15.3 Å². The number of hydrogen-bond acceptors (Lipinski definition) is 4. The van der Waals surface area contributed by atoms with Crippen molar-refractivity contribution >= 4 is 17.5 Å². The summed E-state index contributed by atoms with van der Waals surface area (Å²) in [7, 11) is 0. The molecule has 1 heterocycles. The van der Waals surface area contributed by atoms with Gasteiger partial charge in [0.05, 0.1) is 12.8 Å². The highest BCUT2D eigenvalue weighted by molar-refractivity contribution is 6.31. The summed E-state index contributed by atoms with van der Waals surface area (Å²) in [6.45, 7) is 5.39. The van der Waals surface area contributed by atoms with Crippen molar-refractivity contribution in [1.29, 1.82) is 0 Å². The Labute approximate surface area is 88.7 Å². The second-order valence-corrected chi connectivity index (χ2v) is 3.13. The maximum Gasteiger partial charge on any atom is 0.237 e.